The summed E-state index contributed by atoms with van der Waals surface area (Å²) in [4.78, 5) is 52.7. The van der Waals surface area contributed by atoms with E-state index in [1.54, 1.807) is 44.4 Å². The Hall–Kier alpha value is -4.75. The SMILES string of the molecule is CN(C)C1C(O)=C(C(N)=O)C(=O)C2(O)C(O)=C3C(=O)c4c(O)ccc(-c5ccc(NC(=O)OCCF)cc5)c4CC3CC12. The Morgan fingerprint density at radius 1 is 1.12 bits per heavy atom. The summed E-state index contributed by atoms with van der Waals surface area (Å²) in [6, 6.07) is 8.33. The van der Waals surface area contributed by atoms with Crippen molar-refractivity contribution in [1.82, 2.24) is 4.90 Å². The van der Waals surface area contributed by atoms with E-state index in [1.807, 2.05) is 0 Å². The number of ketones is 2. The highest BCUT2D eigenvalue weighted by Crippen LogP contribution is 2.53. The van der Waals surface area contributed by atoms with Crippen molar-refractivity contribution in [2.24, 2.45) is 17.6 Å². The number of hydrogen-bond donors (Lipinski definition) is 6. The van der Waals surface area contributed by atoms with Crippen molar-refractivity contribution in [3.05, 3.63) is 70.2 Å². The molecule has 0 bridgehead atoms. The number of likely N-dealkylation sites (N-methyl/N-ethyl adjacent to an activating group) is 1. The zero-order chi connectivity index (χ0) is 31.4. The number of aliphatic hydroxyl groups excluding tert-OH is 2. The van der Waals surface area contributed by atoms with Crippen molar-refractivity contribution >= 4 is 29.3 Å². The first kappa shape index (κ1) is 29.7. The smallest absolute Gasteiger partial charge is 0.411 e. The lowest BCUT2D eigenvalue weighted by Gasteiger charge is -2.50. The minimum absolute atomic E-state index is 0.0370. The quantitative estimate of drug-likeness (QED) is 0.269. The number of carbonyl (C=O) groups excluding carboxylic acids is 4. The van der Waals surface area contributed by atoms with Crippen molar-refractivity contribution in [1.29, 1.82) is 0 Å². The van der Waals surface area contributed by atoms with Crippen molar-refractivity contribution < 1.29 is 48.7 Å². The molecule has 2 aromatic rings. The number of carbonyl (C=O) groups is 4. The van der Waals surface area contributed by atoms with E-state index in [2.05, 4.69) is 10.1 Å². The van der Waals surface area contributed by atoms with Gasteiger partial charge in [0.1, 0.15) is 36.1 Å². The Kier molecular flexibility index (Phi) is 7.48. The molecule has 2 amide bonds. The molecule has 0 radical (unpaired) electrons. The van der Waals surface area contributed by atoms with Gasteiger partial charge in [0.2, 0.25) is 5.78 Å². The zero-order valence-electron chi connectivity index (χ0n) is 23.3. The Bertz CT molecular complexity index is 1620. The van der Waals surface area contributed by atoms with Gasteiger partial charge in [0.05, 0.1) is 11.6 Å². The number of anilines is 1. The van der Waals surface area contributed by atoms with Gasteiger partial charge in [-0.05, 0) is 67.7 Å². The number of alkyl halides is 1. The average molecular weight is 596 g/mol. The van der Waals surface area contributed by atoms with Crippen LogP contribution in [0.3, 0.4) is 0 Å². The predicted octanol–water partition coefficient (Wildman–Crippen LogP) is 2.31. The Balaban J connectivity index is 1.58. The molecule has 5 rings (SSSR count). The van der Waals surface area contributed by atoms with Crippen LogP contribution in [-0.4, -0.2) is 87.9 Å². The number of nitrogens with zero attached hydrogens (tertiary/aromatic N) is 1. The lowest BCUT2D eigenvalue weighted by molar-refractivity contribution is -0.148. The van der Waals surface area contributed by atoms with Crippen LogP contribution in [0.5, 0.6) is 5.75 Å². The van der Waals surface area contributed by atoms with E-state index >= 15 is 0 Å². The lowest BCUT2D eigenvalue weighted by atomic mass is 9.58. The van der Waals surface area contributed by atoms with Gasteiger partial charge >= 0.3 is 6.09 Å². The molecule has 0 saturated carbocycles. The number of nitrogens with one attached hydrogen (secondary N) is 1. The molecule has 0 fully saturated rings. The van der Waals surface area contributed by atoms with E-state index in [4.69, 9.17) is 5.73 Å². The van der Waals surface area contributed by atoms with E-state index in [9.17, 15) is 44.0 Å². The minimum Gasteiger partial charge on any atom is -0.510 e. The summed E-state index contributed by atoms with van der Waals surface area (Å²) in [6.45, 7) is -1.19. The van der Waals surface area contributed by atoms with Gasteiger partial charge in [-0.25, -0.2) is 9.18 Å². The summed E-state index contributed by atoms with van der Waals surface area (Å²) in [6.07, 6.45) is -0.742. The fraction of sp³-hybridized carbons (Fsp3) is 0.333. The number of primary amides is 1. The van der Waals surface area contributed by atoms with Crippen LogP contribution in [-0.2, 0) is 20.7 Å². The number of phenols is 1. The first-order chi connectivity index (χ1) is 20.3. The molecule has 4 unspecified atom stereocenters. The topological polar surface area (TPSA) is 200 Å². The standard InChI is InChI=1S/C30H30FN3O9/c1-34(2)23-18-12-14-11-17-16(13-3-5-15(6-4-13)33-29(41)43-10-9-31)7-8-19(35)21(17)24(36)20(14)26(38)30(18,42)27(39)22(25(23)37)28(32)40/h3-8,14,18,23,35,37-38,42H,9-12H2,1-2H3,(H2,32,40)(H,33,41). The number of hydrogen-bond acceptors (Lipinski definition) is 10. The Labute approximate surface area is 244 Å². The van der Waals surface area contributed by atoms with Crippen molar-refractivity contribution in [2.75, 3.05) is 32.7 Å². The molecule has 2 aromatic carbocycles. The largest absolute Gasteiger partial charge is 0.510 e. The fourth-order valence-electron chi connectivity index (χ4n) is 6.54. The molecule has 3 aliphatic rings. The minimum atomic E-state index is -2.72. The summed E-state index contributed by atoms with van der Waals surface area (Å²) in [5.74, 6) is -7.20. The third kappa shape index (κ3) is 4.61. The molecular formula is C30H30FN3O9. The number of aromatic hydroxyl groups is 1. The number of benzene rings is 2. The number of ether oxygens (including phenoxy) is 1. The molecule has 0 aromatic heterocycles. The van der Waals surface area contributed by atoms with Crippen LogP contribution in [0.1, 0.15) is 22.3 Å². The number of Topliss-reactive ketones (excluding diaryl/α,β-unsaturated/α-hetero) is 2. The Morgan fingerprint density at radius 2 is 1.79 bits per heavy atom. The maximum absolute atomic E-state index is 13.9. The summed E-state index contributed by atoms with van der Waals surface area (Å²) in [5, 5.41) is 47.2. The molecule has 0 saturated heterocycles. The third-order valence-electron chi connectivity index (χ3n) is 8.36. The van der Waals surface area contributed by atoms with Crippen LogP contribution in [0.2, 0.25) is 0 Å². The number of aliphatic hydroxyl groups is 3. The van der Waals surface area contributed by atoms with E-state index in [-0.39, 0.29) is 36.3 Å². The Morgan fingerprint density at radius 3 is 2.40 bits per heavy atom. The highest BCUT2D eigenvalue weighted by atomic mass is 19.1. The molecule has 43 heavy (non-hydrogen) atoms. The highest BCUT2D eigenvalue weighted by molar-refractivity contribution is 6.25. The molecule has 3 aliphatic carbocycles. The summed E-state index contributed by atoms with van der Waals surface area (Å²) in [5.41, 5.74) is 3.44. The first-order valence-electron chi connectivity index (χ1n) is 13.4. The van der Waals surface area contributed by atoms with Gasteiger partial charge in [-0.15, -0.1) is 0 Å². The van der Waals surface area contributed by atoms with Gasteiger partial charge in [-0.3, -0.25) is 24.6 Å². The molecule has 12 nitrogen and oxygen atoms in total. The molecule has 0 spiro atoms. The molecule has 0 aliphatic heterocycles. The van der Waals surface area contributed by atoms with Gasteiger partial charge in [0.15, 0.2) is 11.4 Å². The zero-order valence-corrected chi connectivity index (χ0v) is 23.3. The van der Waals surface area contributed by atoms with Crippen molar-refractivity contribution in [3.63, 3.8) is 0 Å². The molecule has 7 N–H and O–H groups in total. The number of halogens is 1. The van der Waals surface area contributed by atoms with Crippen LogP contribution in [0.15, 0.2) is 59.1 Å². The monoisotopic (exact) mass is 595 g/mol. The maximum Gasteiger partial charge on any atom is 0.411 e. The second-order valence-corrected chi connectivity index (χ2v) is 11.0. The summed E-state index contributed by atoms with van der Waals surface area (Å²) in [7, 11) is 3.12. The van der Waals surface area contributed by atoms with E-state index in [1.165, 1.54) is 11.0 Å². The molecule has 13 heteroatoms. The van der Waals surface area contributed by atoms with Gasteiger partial charge < -0.3 is 30.9 Å². The van der Waals surface area contributed by atoms with Gasteiger partial charge in [-0.2, -0.15) is 0 Å². The van der Waals surface area contributed by atoms with Crippen LogP contribution in [0.25, 0.3) is 11.1 Å². The molecule has 0 heterocycles. The van der Waals surface area contributed by atoms with E-state index < -0.39 is 70.8 Å². The number of allylic oxidation sites excluding steroid dienone is 1. The summed E-state index contributed by atoms with van der Waals surface area (Å²) >= 11 is 0. The van der Waals surface area contributed by atoms with Crippen LogP contribution < -0.4 is 11.1 Å². The van der Waals surface area contributed by atoms with Gasteiger partial charge in [-0.1, -0.05) is 18.2 Å². The first-order valence-corrected chi connectivity index (χ1v) is 13.4. The molecule has 226 valence electrons. The third-order valence-corrected chi connectivity index (χ3v) is 8.36. The second kappa shape index (κ2) is 10.8. The number of amides is 2. The van der Waals surface area contributed by atoms with E-state index in [0.29, 0.717) is 22.4 Å². The van der Waals surface area contributed by atoms with Crippen molar-refractivity contribution in [2.45, 2.75) is 24.5 Å². The molecular weight excluding hydrogens is 565 g/mol. The molecule has 4 atom stereocenters. The van der Waals surface area contributed by atoms with E-state index in [0.717, 1.165) is 0 Å². The average Bonchev–Trinajstić information content (AvgIpc) is 2.94. The maximum atomic E-state index is 13.9. The number of phenolic OH excluding ortho intramolecular Hbond substituents is 1. The normalized spacial score (nSPS) is 24.8. The lowest BCUT2D eigenvalue weighted by Crippen LogP contribution is -2.63. The van der Waals surface area contributed by atoms with Crippen molar-refractivity contribution in [3.8, 4) is 16.9 Å². The highest BCUT2D eigenvalue weighted by Gasteiger charge is 2.63. The van der Waals surface area contributed by atoms with Gasteiger partial charge in [0.25, 0.3) is 5.91 Å². The number of nitrogens with two attached hydrogens (primary N) is 1. The van der Waals surface area contributed by atoms with Crippen LogP contribution in [0, 0.1) is 11.8 Å². The predicted molar refractivity (Wildman–Crippen MR) is 150 cm³/mol. The number of fused-ring (bicyclic) bond motifs is 3. The fourth-order valence-corrected chi connectivity index (χ4v) is 6.54. The van der Waals surface area contributed by atoms with Gasteiger partial charge in [0, 0.05) is 17.2 Å². The second-order valence-electron chi connectivity index (χ2n) is 11.0. The van der Waals surface area contributed by atoms with Crippen LogP contribution >= 0.6 is 0 Å². The van der Waals surface area contributed by atoms with Crippen LogP contribution in [0.4, 0.5) is 14.9 Å². The summed E-state index contributed by atoms with van der Waals surface area (Å²) < 4.78 is 16.9. The number of rotatable bonds is 6.